The molecule has 0 spiro atoms. The Morgan fingerprint density at radius 3 is 2.25 bits per heavy atom. The largest absolute Gasteiger partial charge is 0.496 e. The van der Waals surface area contributed by atoms with E-state index in [2.05, 4.69) is 15.9 Å². The van der Waals surface area contributed by atoms with Gasteiger partial charge in [0.1, 0.15) is 5.75 Å². The zero-order valence-electron chi connectivity index (χ0n) is 9.90. The van der Waals surface area contributed by atoms with Gasteiger partial charge in [0.05, 0.1) is 19.1 Å². The molecule has 1 aromatic rings. The van der Waals surface area contributed by atoms with E-state index in [1.807, 2.05) is 20.8 Å². The lowest BCUT2D eigenvalue weighted by Crippen LogP contribution is -2.08. The standard InChI is InChI=1S/C12H16BrClO2/c1-6-7(2)12(16-4)10(9(15)5-14)8(3)11(6)13/h9,15H,5H2,1-4H3. The smallest absolute Gasteiger partial charge is 0.128 e. The van der Waals surface area contributed by atoms with Crippen molar-refractivity contribution < 1.29 is 9.84 Å². The lowest BCUT2D eigenvalue weighted by atomic mass is 9.96. The molecule has 1 atom stereocenters. The quantitative estimate of drug-likeness (QED) is 0.864. The number of hydrogen-bond donors (Lipinski definition) is 1. The van der Waals surface area contributed by atoms with Gasteiger partial charge >= 0.3 is 0 Å². The van der Waals surface area contributed by atoms with E-state index in [9.17, 15) is 5.11 Å². The molecule has 0 saturated carbocycles. The first-order valence-corrected chi connectivity index (χ1v) is 6.35. The van der Waals surface area contributed by atoms with Gasteiger partial charge in [0.15, 0.2) is 0 Å². The number of hydrogen-bond acceptors (Lipinski definition) is 2. The fraction of sp³-hybridized carbons (Fsp3) is 0.500. The lowest BCUT2D eigenvalue weighted by molar-refractivity contribution is 0.196. The van der Waals surface area contributed by atoms with Gasteiger partial charge in [-0.25, -0.2) is 0 Å². The number of aliphatic hydroxyl groups excluding tert-OH is 1. The monoisotopic (exact) mass is 306 g/mol. The summed E-state index contributed by atoms with van der Waals surface area (Å²) in [6, 6.07) is 0. The summed E-state index contributed by atoms with van der Waals surface area (Å²) >= 11 is 9.24. The van der Waals surface area contributed by atoms with E-state index in [0.717, 1.165) is 32.5 Å². The van der Waals surface area contributed by atoms with Gasteiger partial charge in [-0.2, -0.15) is 0 Å². The van der Waals surface area contributed by atoms with E-state index in [1.54, 1.807) is 7.11 Å². The van der Waals surface area contributed by atoms with Gasteiger partial charge in [0.2, 0.25) is 0 Å². The second-order valence-corrected chi connectivity index (χ2v) is 4.91. The van der Waals surface area contributed by atoms with Crippen LogP contribution in [0.4, 0.5) is 0 Å². The fourth-order valence-corrected chi connectivity index (χ4v) is 2.51. The summed E-state index contributed by atoms with van der Waals surface area (Å²) in [6.45, 7) is 5.94. The normalized spacial score (nSPS) is 12.7. The van der Waals surface area contributed by atoms with Crippen molar-refractivity contribution in [3.63, 3.8) is 0 Å². The average Bonchev–Trinajstić information content (AvgIpc) is 2.29. The molecule has 90 valence electrons. The lowest BCUT2D eigenvalue weighted by Gasteiger charge is -2.21. The molecule has 0 aromatic heterocycles. The second-order valence-electron chi connectivity index (χ2n) is 3.81. The van der Waals surface area contributed by atoms with Gasteiger partial charge in [-0.05, 0) is 37.5 Å². The van der Waals surface area contributed by atoms with Crippen LogP contribution in [0.15, 0.2) is 4.47 Å². The van der Waals surface area contributed by atoms with Crippen molar-refractivity contribution in [2.75, 3.05) is 13.0 Å². The van der Waals surface area contributed by atoms with Crippen molar-refractivity contribution in [2.45, 2.75) is 26.9 Å². The molecular weight excluding hydrogens is 291 g/mol. The van der Waals surface area contributed by atoms with Gasteiger partial charge in [-0.3, -0.25) is 0 Å². The molecule has 0 heterocycles. The third-order valence-corrected chi connectivity index (χ3v) is 4.38. The number of alkyl halides is 1. The van der Waals surface area contributed by atoms with Crippen LogP contribution >= 0.6 is 27.5 Å². The molecule has 1 aromatic carbocycles. The van der Waals surface area contributed by atoms with Crippen LogP contribution in [-0.2, 0) is 0 Å². The molecule has 0 saturated heterocycles. The third kappa shape index (κ3) is 2.22. The molecule has 0 radical (unpaired) electrons. The van der Waals surface area contributed by atoms with Crippen molar-refractivity contribution >= 4 is 27.5 Å². The molecule has 0 aliphatic rings. The summed E-state index contributed by atoms with van der Waals surface area (Å²) < 4.78 is 6.38. The van der Waals surface area contributed by atoms with Crippen LogP contribution < -0.4 is 4.74 Å². The summed E-state index contributed by atoms with van der Waals surface area (Å²) in [4.78, 5) is 0. The van der Waals surface area contributed by atoms with E-state index in [4.69, 9.17) is 16.3 Å². The molecule has 4 heteroatoms. The Bertz CT molecular complexity index is 405. The van der Waals surface area contributed by atoms with Crippen molar-refractivity contribution in [1.29, 1.82) is 0 Å². The Balaban J connectivity index is 3.57. The first-order chi connectivity index (χ1) is 7.45. The molecule has 0 aliphatic carbocycles. The number of halogens is 2. The van der Waals surface area contributed by atoms with Crippen LogP contribution in [-0.4, -0.2) is 18.1 Å². The highest BCUT2D eigenvalue weighted by molar-refractivity contribution is 9.10. The van der Waals surface area contributed by atoms with Gasteiger partial charge in [0, 0.05) is 10.0 Å². The topological polar surface area (TPSA) is 29.5 Å². The fourth-order valence-electron chi connectivity index (χ4n) is 1.85. The van der Waals surface area contributed by atoms with Crippen LogP contribution in [0.5, 0.6) is 5.75 Å². The number of aliphatic hydroxyl groups is 1. The molecule has 1 N–H and O–H groups in total. The highest BCUT2D eigenvalue weighted by Crippen LogP contribution is 2.39. The molecule has 1 rings (SSSR count). The Hall–Kier alpha value is -0.250. The number of ether oxygens (including phenoxy) is 1. The van der Waals surface area contributed by atoms with Gasteiger partial charge < -0.3 is 9.84 Å². The summed E-state index contributed by atoms with van der Waals surface area (Å²) in [7, 11) is 1.61. The zero-order chi connectivity index (χ0) is 12.5. The SMILES string of the molecule is COc1c(C)c(C)c(Br)c(C)c1C(O)CCl. The molecule has 0 aliphatic heterocycles. The summed E-state index contributed by atoms with van der Waals surface area (Å²) in [5, 5.41) is 9.93. The van der Waals surface area contributed by atoms with E-state index in [0.29, 0.717) is 0 Å². The van der Waals surface area contributed by atoms with Crippen LogP contribution in [0.3, 0.4) is 0 Å². The Morgan fingerprint density at radius 1 is 1.25 bits per heavy atom. The summed E-state index contributed by atoms with van der Waals surface area (Å²) in [6.07, 6.45) is -0.702. The molecule has 0 fully saturated rings. The maximum Gasteiger partial charge on any atom is 0.128 e. The second kappa shape index (κ2) is 5.39. The molecule has 2 nitrogen and oxygen atoms in total. The molecule has 1 unspecified atom stereocenters. The molecule has 16 heavy (non-hydrogen) atoms. The zero-order valence-corrected chi connectivity index (χ0v) is 12.2. The minimum Gasteiger partial charge on any atom is -0.496 e. The van der Waals surface area contributed by atoms with E-state index >= 15 is 0 Å². The van der Waals surface area contributed by atoms with Gasteiger partial charge in [-0.15, -0.1) is 11.6 Å². The van der Waals surface area contributed by atoms with Gasteiger partial charge in [0.25, 0.3) is 0 Å². The van der Waals surface area contributed by atoms with E-state index in [-0.39, 0.29) is 5.88 Å². The van der Waals surface area contributed by atoms with Crippen LogP contribution in [0.2, 0.25) is 0 Å². The number of rotatable bonds is 3. The highest BCUT2D eigenvalue weighted by Gasteiger charge is 2.21. The van der Waals surface area contributed by atoms with Crippen LogP contribution in [0.1, 0.15) is 28.4 Å². The van der Waals surface area contributed by atoms with Crippen molar-refractivity contribution in [1.82, 2.24) is 0 Å². The minimum atomic E-state index is -0.702. The van der Waals surface area contributed by atoms with Gasteiger partial charge in [-0.1, -0.05) is 15.9 Å². The molecule has 0 bridgehead atoms. The third-order valence-electron chi connectivity index (χ3n) is 2.89. The van der Waals surface area contributed by atoms with Crippen LogP contribution in [0.25, 0.3) is 0 Å². The Kier molecular flexibility index (Phi) is 4.65. The Morgan fingerprint density at radius 2 is 1.81 bits per heavy atom. The highest BCUT2D eigenvalue weighted by atomic mass is 79.9. The van der Waals surface area contributed by atoms with Crippen LogP contribution in [0, 0.1) is 20.8 Å². The average molecular weight is 308 g/mol. The first kappa shape index (κ1) is 13.8. The van der Waals surface area contributed by atoms with Crippen molar-refractivity contribution in [3.8, 4) is 5.75 Å². The maximum atomic E-state index is 9.93. The minimum absolute atomic E-state index is 0.159. The Labute approximate surface area is 110 Å². The molecule has 0 amide bonds. The predicted molar refractivity (Wildman–Crippen MR) is 70.6 cm³/mol. The first-order valence-electron chi connectivity index (χ1n) is 5.02. The predicted octanol–water partition coefficient (Wildman–Crippen LogP) is 3.66. The maximum absolute atomic E-state index is 9.93. The van der Waals surface area contributed by atoms with E-state index in [1.165, 1.54) is 0 Å². The number of benzene rings is 1. The number of methoxy groups -OCH3 is 1. The van der Waals surface area contributed by atoms with E-state index < -0.39 is 6.10 Å². The summed E-state index contributed by atoms with van der Waals surface area (Å²) in [5.41, 5.74) is 3.90. The van der Waals surface area contributed by atoms with Crippen molar-refractivity contribution in [3.05, 3.63) is 26.7 Å². The van der Waals surface area contributed by atoms with Crippen molar-refractivity contribution in [2.24, 2.45) is 0 Å². The summed E-state index contributed by atoms with van der Waals surface area (Å²) in [5.74, 6) is 0.887. The molecular formula is C12H16BrClO2.